The molecule has 0 N–H and O–H groups in total. The lowest BCUT2D eigenvalue weighted by Crippen LogP contribution is -2.24. The highest BCUT2D eigenvalue weighted by atomic mass is 16.2. The van der Waals surface area contributed by atoms with Gasteiger partial charge < -0.3 is 0 Å². The highest BCUT2D eigenvalue weighted by Gasteiger charge is 2.38. The SMILES string of the molecule is CC[C@H]1CCC(=O)[C@@H]1C(=O)c1ccccc1. The molecular formula is C14H16O2. The minimum absolute atomic E-state index is 0.00921. The number of carbonyl (C=O) groups excluding carboxylic acids is 2. The fourth-order valence-corrected chi connectivity index (χ4v) is 2.49. The standard InChI is InChI=1S/C14H16O2/c1-2-10-8-9-12(15)13(10)14(16)11-6-4-3-5-7-11/h3-7,10,13H,2,8-9H2,1H3/t10-,13+/m0/s1. The zero-order valence-electron chi connectivity index (χ0n) is 9.48. The van der Waals surface area contributed by atoms with Crippen molar-refractivity contribution in [1.82, 2.24) is 0 Å². The fraction of sp³-hybridized carbons (Fsp3) is 0.429. The number of rotatable bonds is 3. The van der Waals surface area contributed by atoms with E-state index in [-0.39, 0.29) is 23.4 Å². The van der Waals surface area contributed by atoms with Gasteiger partial charge in [0.05, 0.1) is 5.92 Å². The van der Waals surface area contributed by atoms with Crippen LogP contribution in [0.25, 0.3) is 0 Å². The molecule has 1 aromatic rings. The van der Waals surface area contributed by atoms with E-state index >= 15 is 0 Å². The third-order valence-electron chi connectivity index (χ3n) is 3.44. The van der Waals surface area contributed by atoms with E-state index in [1.807, 2.05) is 18.2 Å². The number of Topliss-reactive ketones (excluding diaryl/α,β-unsaturated/α-hetero) is 2. The van der Waals surface area contributed by atoms with Crippen LogP contribution in [0.1, 0.15) is 36.5 Å². The molecule has 2 nitrogen and oxygen atoms in total. The van der Waals surface area contributed by atoms with E-state index in [0.29, 0.717) is 12.0 Å². The predicted molar refractivity (Wildman–Crippen MR) is 62.3 cm³/mol. The summed E-state index contributed by atoms with van der Waals surface area (Å²) in [5, 5.41) is 0. The van der Waals surface area contributed by atoms with Crippen LogP contribution in [-0.4, -0.2) is 11.6 Å². The first kappa shape index (κ1) is 11.1. The second-order valence-corrected chi connectivity index (χ2v) is 4.38. The van der Waals surface area contributed by atoms with E-state index in [9.17, 15) is 9.59 Å². The summed E-state index contributed by atoms with van der Waals surface area (Å²) in [6, 6.07) is 9.15. The van der Waals surface area contributed by atoms with Crippen molar-refractivity contribution in [2.24, 2.45) is 11.8 Å². The van der Waals surface area contributed by atoms with Crippen LogP contribution in [0.3, 0.4) is 0 Å². The average molecular weight is 216 g/mol. The van der Waals surface area contributed by atoms with Crippen molar-refractivity contribution < 1.29 is 9.59 Å². The molecular weight excluding hydrogens is 200 g/mol. The molecule has 1 aliphatic carbocycles. The van der Waals surface area contributed by atoms with E-state index in [1.165, 1.54) is 0 Å². The van der Waals surface area contributed by atoms with Crippen molar-refractivity contribution in [3.8, 4) is 0 Å². The number of benzene rings is 1. The summed E-state index contributed by atoms with van der Waals surface area (Å²) in [5.41, 5.74) is 0.668. The van der Waals surface area contributed by atoms with Crippen molar-refractivity contribution in [1.29, 1.82) is 0 Å². The molecule has 84 valence electrons. The molecule has 0 spiro atoms. The molecule has 1 fully saturated rings. The van der Waals surface area contributed by atoms with Crippen LogP contribution in [0.4, 0.5) is 0 Å². The summed E-state index contributed by atoms with van der Waals surface area (Å²) < 4.78 is 0. The summed E-state index contributed by atoms with van der Waals surface area (Å²) in [6.45, 7) is 2.05. The van der Waals surface area contributed by atoms with Gasteiger partial charge in [-0.3, -0.25) is 9.59 Å². The van der Waals surface area contributed by atoms with E-state index in [1.54, 1.807) is 12.1 Å². The minimum atomic E-state index is -0.382. The van der Waals surface area contributed by atoms with Crippen LogP contribution in [0, 0.1) is 11.8 Å². The van der Waals surface area contributed by atoms with Gasteiger partial charge >= 0.3 is 0 Å². The highest BCUT2D eigenvalue weighted by Crippen LogP contribution is 2.33. The Kier molecular flexibility index (Phi) is 3.18. The topological polar surface area (TPSA) is 34.1 Å². The molecule has 0 bridgehead atoms. The molecule has 2 rings (SSSR count). The van der Waals surface area contributed by atoms with Crippen LogP contribution in [0.15, 0.2) is 30.3 Å². The van der Waals surface area contributed by atoms with Gasteiger partial charge in [-0.2, -0.15) is 0 Å². The van der Waals surface area contributed by atoms with Gasteiger partial charge in [0, 0.05) is 12.0 Å². The zero-order valence-corrected chi connectivity index (χ0v) is 9.48. The molecule has 0 heterocycles. The number of ketones is 2. The normalized spacial score (nSPS) is 24.7. The molecule has 1 saturated carbocycles. The maximum absolute atomic E-state index is 12.2. The van der Waals surface area contributed by atoms with Crippen molar-refractivity contribution in [2.45, 2.75) is 26.2 Å². The zero-order chi connectivity index (χ0) is 11.5. The third kappa shape index (κ3) is 1.92. The largest absolute Gasteiger partial charge is 0.299 e. The Hall–Kier alpha value is -1.44. The van der Waals surface area contributed by atoms with Gasteiger partial charge in [0.1, 0.15) is 5.78 Å². The van der Waals surface area contributed by atoms with E-state index in [2.05, 4.69) is 6.92 Å². The molecule has 1 aromatic carbocycles. The van der Waals surface area contributed by atoms with Gasteiger partial charge in [-0.1, -0.05) is 43.7 Å². The molecule has 0 aromatic heterocycles. The van der Waals surface area contributed by atoms with Crippen molar-refractivity contribution in [3.63, 3.8) is 0 Å². The van der Waals surface area contributed by atoms with Crippen LogP contribution in [0.5, 0.6) is 0 Å². The lowest BCUT2D eigenvalue weighted by Gasteiger charge is -2.15. The second kappa shape index (κ2) is 4.60. The van der Waals surface area contributed by atoms with Gasteiger partial charge in [0.15, 0.2) is 5.78 Å². The average Bonchev–Trinajstić information content (AvgIpc) is 2.70. The molecule has 0 saturated heterocycles. The summed E-state index contributed by atoms with van der Waals surface area (Å²) >= 11 is 0. The Morgan fingerprint density at radius 3 is 2.62 bits per heavy atom. The highest BCUT2D eigenvalue weighted by molar-refractivity contribution is 6.11. The Labute approximate surface area is 95.7 Å². The van der Waals surface area contributed by atoms with Crippen LogP contribution in [0.2, 0.25) is 0 Å². The predicted octanol–water partition coefficient (Wildman–Crippen LogP) is 2.87. The molecule has 0 aliphatic heterocycles. The number of hydrogen-bond acceptors (Lipinski definition) is 2. The van der Waals surface area contributed by atoms with Gasteiger partial charge in [-0.05, 0) is 12.3 Å². The Balaban J connectivity index is 2.24. The van der Waals surface area contributed by atoms with E-state index in [4.69, 9.17) is 0 Å². The summed E-state index contributed by atoms with van der Waals surface area (Å²) in [6.07, 6.45) is 2.36. The van der Waals surface area contributed by atoms with Crippen molar-refractivity contribution in [3.05, 3.63) is 35.9 Å². The van der Waals surface area contributed by atoms with Gasteiger partial charge in [-0.15, -0.1) is 0 Å². The molecule has 0 amide bonds. The van der Waals surface area contributed by atoms with Crippen molar-refractivity contribution in [2.75, 3.05) is 0 Å². The fourth-order valence-electron chi connectivity index (χ4n) is 2.49. The molecule has 16 heavy (non-hydrogen) atoms. The van der Waals surface area contributed by atoms with Crippen molar-refractivity contribution >= 4 is 11.6 Å². The maximum Gasteiger partial charge on any atom is 0.173 e. The molecule has 2 atom stereocenters. The summed E-state index contributed by atoms with van der Waals surface area (Å²) in [4.78, 5) is 23.9. The Morgan fingerprint density at radius 1 is 1.31 bits per heavy atom. The lowest BCUT2D eigenvalue weighted by molar-refractivity contribution is -0.119. The van der Waals surface area contributed by atoms with E-state index in [0.717, 1.165) is 12.8 Å². The van der Waals surface area contributed by atoms with Gasteiger partial charge in [-0.25, -0.2) is 0 Å². The maximum atomic E-state index is 12.2. The Bertz CT molecular complexity index is 394. The molecule has 2 heteroatoms. The van der Waals surface area contributed by atoms with E-state index < -0.39 is 0 Å². The summed E-state index contributed by atoms with van der Waals surface area (Å²) in [5.74, 6) is 0.00302. The van der Waals surface area contributed by atoms with Crippen LogP contribution < -0.4 is 0 Å². The molecule has 0 radical (unpaired) electrons. The molecule has 0 unspecified atom stereocenters. The Morgan fingerprint density at radius 2 is 2.00 bits per heavy atom. The number of carbonyl (C=O) groups is 2. The van der Waals surface area contributed by atoms with Gasteiger partial charge in [0.25, 0.3) is 0 Å². The first-order chi connectivity index (χ1) is 7.74. The van der Waals surface area contributed by atoms with Crippen LogP contribution in [-0.2, 0) is 4.79 Å². The molecule has 1 aliphatic rings. The minimum Gasteiger partial charge on any atom is -0.299 e. The lowest BCUT2D eigenvalue weighted by atomic mass is 9.86. The van der Waals surface area contributed by atoms with Crippen LogP contribution >= 0.6 is 0 Å². The smallest absolute Gasteiger partial charge is 0.173 e. The summed E-state index contributed by atoms with van der Waals surface area (Å²) in [7, 11) is 0. The quantitative estimate of drug-likeness (QED) is 0.575. The monoisotopic (exact) mass is 216 g/mol. The first-order valence-electron chi connectivity index (χ1n) is 5.86. The van der Waals surface area contributed by atoms with Gasteiger partial charge in [0.2, 0.25) is 0 Å². The third-order valence-corrected chi connectivity index (χ3v) is 3.44. The first-order valence-corrected chi connectivity index (χ1v) is 5.86. The second-order valence-electron chi connectivity index (χ2n) is 4.38. The number of hydrogen-bond donors (Lipinski definition) is 0.